The van der Waals surface area contributed by atoms with E-state index in [4.69, 9.17) is 5.73 Å². The van der Waals surface area contributed by atoms with Crippen molar-refractivity contribution in [1.29, 1.82) is 0 Å². The van der Waals surface area contributed by atoms with Crippen molar-refractivity contribution in [3.63, 3.8) is 0 Å². The number of urea groups is 1. The summed E-state index contributed by atoms with van der Waals surface area (Å²) in [5.74, 6) is -0.209. The molecule has 1 aliphatic heterocycles. The van der Waals surface area contributed by atoms with E-state index < -0.39 is 5.54 Å². The topological polar surface area (TPSA) is 75.4 Å². The number of nitrogens with one attached hydrogen (secondary N) is 1. The standard InChI is InChI=1S/C12H13N3O2/c1-15-11(17)14-10(16)12(15)5-7-2-3-9(13)4-8(7)6-12/h2-4H,5-6,13H2,1H3,(H,14,16,17)/t12-/m0/s1. The molecule has 17 heavy (non-hydrogen) atoms. The van der Waals surface area contributed by atoms with Gasteiger partial charge in [-0.25, -0.2) is 4.79 Å². The summed E-state index contributed by atoms with van der Waals surface area (Å²) in [5.41, 5.74) is 7.83. The van der Waals surface area contributed by atoms with Gasteiger partial charge in [0.05, 0.1) is 0 Å². The highest BCUT2D eigenvalue weighted by molar-refractivity contribution is 6.07. The number of fused-ring (bicyclic) bond motifs is 1. The van der Waals surface area contributed by atoms with Crippen molar-refractivity contribution < 1.29 is 9.59 Å². The van der Waals surface area contributed by atoms with Crippen LogP contribution in [0.4, 0.5) is 10.5 Å². The average molecular weight is 231 g/mol. The number of amides is 3. The Bertz CT molecular complexity index is 541. The van der Waals surface area contributed by atoms with Crippen LogP contribution < -0.4 is 11.1 Å². The third kappa shape index (κ3) is 1.19. The van der Waals surface area contributed by atoms with Gasteiger partial charge >= 0.3 is 6.03 Å². The van der Waals surface area contributed by atoms with Crippen molar-refractivity contribution in [1.82, 2.24) is 10.2 Å². The molecule has 0 saturated carbocycles. The number of likely N-dealkylation sites (N-methyl/N-ethyl adjacent to an activating group) is 1. The molecule has 1 saturated heterocycles. The fourth-order valence-electron chi connectivity index (χ4n) is 2.72. The van der Waals surface area contributed by atoms with Crippen molar-refractivity contribution in [3.8, 4) is 0 Å². The van der Waals surface area contributed by atoms with Gasteiger partial charge in [-0.15, -0.1) is 0 Å². The zero-order valence-corrected chi connectivity index (χ0v) is 9.49. The number of carbonyl (C=O) groups is 2. The Morgan fingerprint density at radius 2 is 2.00 bits per heavy atom. The van der Waals surface area contributed by atoms with Crippen LogP contribution in [0.3, 0.4) is 0 Å². The van der Waals surface area contributed by atoms with Crippen LogP contribution in [0.15, 0.2) is 18.2 Å². The maximum Gasteiger partial charge on any atom is 0.324 e. The summed E-state index contributed by atoms with van der Waals surface area (Å²) < 4.78 is 0. The first-order chi connectivity index (χ1) is 8.03. The molecule has 3 amide bonds. The molecule has 1 aromatic carbocycles. The Kier molecular flexibility index (Phi) is 1.79. The van der Waals surface area contributed by atoms with Gasteiger partial charge in [0.15, 0.2) is 0 Å². The molecule has 3 N–H and O–H groups in total. The molecular weight excluding hydrogens is 218 g/mol. The van der Waals surface area contributed by atoms with Gasteiger partial charge in [-0.1, -0.05) is 6.07 Å². The highest BCUT2D eigenvalue weighted by atomic mass is 16.2. The number of anilines is 1. The average Bonchev–Trinajstić information content (AvgIpc) is 2.74. The number of hydrogen-bond donors (Lipinski definition) is 2. The van der Waals surface area contributed by atoms with Crippen molar-refractivity contribution in [2.45, 2.75) is 18.4 Å². The van der Waals surface area contributed by atoms with Crippen LogP contribution >= 0.6 is 0 Å². The van der Waals surface area contributed by atoms with Crippen LogP contribution in [0, 0.1) is 0 Å². The molecule has 5 nitrogen and oxygen atoms in total. The zero-order valence-electron chi connectivity index (χ0n) is 9.49. The molecule has 1 fully saturated rings. The number of rotatable bonds is 0. The van der Waals surface area contributed by atoms with Gasteiger partial charge in [0.1, 0.15) is 5.54 Å². The predicted molar refractivity (Wildman–Crippen MR) is 62.3 cm³/mol. The monoisotopic (exact) mass is 231 g/mol. The number of nitrogen functional groups attached to an aromatic ring is 1. The molecule has 5 heteroatoms. The highest BCUT2D eigenvalue weighted by Gasteiger charge is 2.54. The summed E-state index contributed by atoms with van der Waals surface area (Å²) in [6.45, 7) is 0. The SMILES string of the molecule is CN1C(=O)NC(=O)[C@@]12Cc1ccc(N)cc1C2. The number of hydrogen-bond acceptors (Lipinski definition) is 3. The molecule has 1 heterocycles. The van der Waals surface area contributed by atoms with Crippen LogP contribution in [0.25, 0.3) is 0 Å². The highest BCUT2D eigenvalue weighted by Crippen LogP contribution is 2.37. The fraction of sp³-hybridized carbons (Fsp3) is 0.333. The number of benzene rings is 1. The maximum absolute atomic E-state index is 12.0. The van der Waals surface area contributed by atoms with E-state index in [9.17, 15) is 9.59 Å². The molecule has 1 atom stereocenters. The molecule has 88 valence electrons. The van der Waals surface area contributed by atoms with Crippen molar-refractivity contribution in [2.75, 3.05) is 12.8 Å². The number of nitrogens with zero attached hydrogens (tertiary/aromatic N) is 1. The molecule has 0 aromatic heterocycles. The van der Waals surface area contributed by atoms with Gasteiger partial charge in [0, 0.05) is 25.6 Å². The summed E-state index contributed by atoms with van der Waals surface area (Å²) in [6, 6.07) is 5.32. The second kappa shape index (κ2) is 3.00. The van der Waals surface area contributed by atoms with Gasteiger partial charge in [-0.2, -0.15) is 0 Å². The molecular formula is C12H13N3O2. The van der Waals surface area contributed by atoms with E-state index in [1.807, 2.05) is 18.2 Å². The number of nitrogens with two attached hydrogens (primary N) is 1. The van der Waals surface area contributed by atoms with Crippen molar-refractivity contribution in [3.05, 3.63) is 29.3 Å². The third-order valence-electron chi connectivity index (χ3n) is 3.79. The molecule has 3 rings (SSSR count). The Balaban J connectivity index is 2.05. The smallest absolute Gasteiger partial charge is 0.324 e. The minimum atomic E-state index is -0.743. The van der Waals surface area contributed by atoms with Crippen LogP contribution in [0.1, 0.15) is 11.1 Å². The van der Waals surface area contributed by atoms with Crippen LogP contribution in [0.5, 0.6) is 0 Å². The molecule has 0 unspecified atom stereocenters. The van der Waals surface area contributed by atoms with E-state index in [0.717, 1.165) is 11.1 Å². The summed E-state index contributed by atoms with van der Waals surface area (Å²) >= 11 is 0. The first-order valence-corrected chi connectivity index (χ1v) is 5.49. The Morgan fingerprint density at radius 3 is 2.65 bits per heavy atom. The Hall–Kier alpha value is -2.04. The first-order valence-electron chi connectivity index (χ1n) is 5.49. The lowest BCUT2D eigenvalue weighted by Crippen LogP contribution is -2.48. The molecule has 1 aromatic rings. The molecule has 0 bridgehead atoms. The van der Waals surface area contributed by atoms with Gasteiger partial charge in [-0.3, -0.25) is 10.1 Å². The van der Waals surface area contributed by atoms with Gasteiger partial charge in [-0.05, 0) is 23.3 Å². The summed E-state index contributed by atoms with van der Waals surface area (Å²) in [5, 5.41) is 2.37. The summed E-state index contributed by atoms with van der Waals surface area (Å²) in [6.07, 6.45) is 1.11. The van der Waals surface area contributed by atoms with Gasteiger partial charge in [0.25, 0.3) is 5.91 Å². The van der Waals surface area contributed by atoms with E-state index in [1.54, 1.807) is 7.05 Å². The minimum Gasteiger partial charge on any atom is -0.399 e. The van der Waals surface area contributed by atoms with Crippen molar-refractivity contribution >= 4 is 17.6 Å². The Labute approximate surface area is 98.6 Å². The first kappa shape index (κ1) is 10.1. The molecule has 0 radical (unpaired) electrons. The second-order valence-corrected chi connectivity index (χ2v) is 4.73. The summed E-state index contributed by atoms with van der Waals surface area (Å²) in [7, 11) is 1.66. The van der Waals surface area contributed by atoms with Crippen LogP contribution in [0.2, 0.25) is 0 Å². The van der Waals surface area contributed by atoms with Crippen molar-refractivity contribution in [2.24, 2.45) is 0 Å². The van der Waals surface area contributed by atoms with E-state index in [-0.39, 0.29) is 11.9 Å². The second-order valence-electron chi connectivity index (χ2n) is 4.73. The van der Waals surface area contributed by atoms with E-state index in [0.29, 0.717) is 18.5 Å². The largest absolute Gasteiger partial charge is 0.399 e. The Morgan fingerprint density at radius 1 is 1.29 bits per heavy atom. The third-order valence-corrected chi connectivity index (χ3v) is 3.79. The van der Waals surface area contributed by atoms with Crippen LogP contribution in [-0.2, 0) is 17.6 Å². The van der Waals surface area contributed by atoms with E-state index in [1.165, 1.54) is 4.90 Å². The fourth-order valence-corrected chi connectivity index (χ4v) is 2.72. The van der Waals surface area contributed by atoms with E-state index in [2.05, 4.69) is 5.32 Å². The number of imide groups is 1. The molecule has 1 aliphatic carbocycles. The minimum absolute atomic E-state index is 0.209. The van der Waals surface area contributed by atoms with Gasteiger partial charge < -0.3 is 10.6 Å². The lowest BCUT2D eigenvalue weighted by atomic mass is 9.95. The zero-order chi connectivity index (χ0) is 12.2. The maximum atomic E-state index is 12.0. The quantitative estimate of drug-likeness (QED) is 0.497. The lowest BCUT2D eigenvalue weighted by molar-refractivity contribution is -0.125. The summed E-state index contributed by atoms with van der Waals surface area (Å²) in [4.78, 5) is 25.0. The molecule has 1 spiro atoms. The predicted octanol–water partition coefficient (Wildman–Crippen LogP) is 0.288. The lowest BCUT2D eigenvalue weighted by Gasteiger charge is -2.27. The number of carbonyl (C=O) groups excluding carboxylic acids is 2. The molecule has 2 aliphatic rings. The van der Waals surface area contributed by atoms with Crippen LogP contribution in [-0.4, -0.2) is 29.4 Å². The van der Waals surface area contributed by atoms with E-state index >= 15 is 0 Å². The van der Waals surface area contributed by atoms with Gasteiger partial charge in [0.2, 0.25) is 0 Å². The normalized spacial score (nSPS) is 26.5.